The van der Waals surface area contributed by atoms with Crippen molar-refractivity contribution in [1.29, 1.82) is 0 Å². The van der Waals surface area contributed by atoms with E-state index in [9.17, 15) is 13.2 Å². The second kappa shape index (κ2) is 10.4. The molecule has 6 nitrogen and oxygen atoms in total. The van der Waals surface area contributed by atoms with Crippen molar-refractivity contribution in [2.75, 3.05) is 30.9 Å². The number of nitrogens with one attached hydrogen (secondary N) is 2. The van der Waals surface area contributed by atoms with Gasteiger partial charge in [0.15, 0.2) is 0 Å². The van der Waals surface area contributed by atoms with Crippen LogP contribution in [0.15, 0.2) is 40.6 Å². The number of carboxylic acids is 1. The standard InChI is InChI=1S/C13H14N2O4S2.C3H8S/c1-14-10-4-2-9(3-5-10)11-6-7-13(20-11)21(18,19)15-8-12(16)17;1-3-4-2/h2-7,14-15H,8H2,1H3,(H,16,17);3H2,1-2H3. The van der Waals surface area contributed by atoms with Gasteiger partial charge in [0.25, 0.3) is 10.0 Å². The first-order valence-electron chi connectivity index (χ1n) is 7.42. The number of anilines is 1. The van der Waals surface area contributed by atoms with E-state index in [1.807, 2.05) is 47.8 Å². The summed E-state index contributed by atoms with van der Waals surface area (Å²) >= 11 is 2.95. The summed E-state index contributed by atoms with van der Waals surface area (Å²) < 4.78 is 25.9. The molecule has 0 unspecified atom stereocenters. The van der Waals surface area contributed by atoms with E-state index >= 15 is 0 Å². The molecule has 0 saturated heterocycles. The molecule has 0 aliphatic carbocycles. The van der Waals surface area contributed by atoms with Gasteiger partial charge in [-0.25, -0.2) is 8.42 Å². The van der Waals surface area contributed by atoms with E-state index in [2.05, 4.69) is 18.5 Å². The Kier molecular flexibility index (Phi) is 8.98. The molecule has 3 N–H and O–H groups in total. The van der Waals surface area contributed by atoms with E-state index in [-0.39, 0.29) is 4.21 Å². The fraction of sp³-hybridized carbons (Fsp3) is 0.312. The van der Waals surface area contributed by atoms with Gasteiger partial charge in [-0.15, -0.1) is 11.3 Å². The van der Waals surface area contributed by atoms with Gasteiger partial charge in [-0.1, -0.05) is 19.1 Å². The number of rotatable bonds is 7. The second-order valence-corrected chi connectivity index (χ2v) is 8.97. The average molecular weight is 403 g/mol. The van der Waals surface area contributed by atoms with Gasteiger partial charge in [0, 0.05) is 17.6 Å². The molecular weight excluding hydrogens is 380 g/mol. The van der Waals surface area contributed by atoms with Crippen LogP contribution in [-0.2, 0) is 14.8 Å². The topological polar surface area (TPSA) is 95.5 Å². The van der Waals surface area contributed by atoms with Crippen molar-refractivity contribution >= 4 is 44.8 Å². The third-order valence-corrected chi connectivity index (χ3v) is 6.61. The quantitative estimate of drug-likeness (QED) is 0.658. The molecule has 9 heteroatoms. The van der Waals surface area contributed by atoms with E-state index < -0.39 is 22.5 Å². The highest BCUT2D eigenvalue weighted by Crippen LogP contribution is 2.31. The highest BCUT2D eigenvalue weighted by molar-refractivity contribution is 7.98. The van der Waals surface area contributed by atoms with Gasteiger partial charge >= 0.3 is 5.97 Å². The molecule has 1 aromatic heterocycles. The molecule has 0 bridgehead atoms. The maximum atomic E-state index is 11.9. The summed E-state index contributed by atoms with van der Waals surface area (Å²) in [6.07, 6.45) is 2.10. The Morgan fingerprint density at radius 2 is 1.80 bits per heavy atom. The van der Waals surface area contributed by atoms with Gasteiger partial charge in [0.05, 0.1) is 0 Å². The fourth-order valence-corrected chi connectivity index (χ4v) is 3.98. The van der Waals surface area contributed by atoms with Crippen LogP contribution >= 0.6 is 23.1 Å². The minimum atomic E-state index is -3.78. The highest BCUT2D eigenvalue weighted by atomic mass is 32.2. The van der Waals surface area contributed by atoms with E-state index in [0.717, 1.165) is 27.5 Å². The number of carbonyl (C=O) groups is 1. The number of sulfonamides is 1. The molecule has 0 spiro atoms. The number of carboxylic acid groups (broad SMARTS) is 1. The molecule has 2 rings (SSSR count). The Hall–Kier alpha value is -1.55. The summed E-state index contributed by atoms with van der Waals surface area (Å²) in [5.74, 6) is 0.0120. The van der Waals surface area contributed by atoms with E-state index in [4.69, 9.17) is 5.11 Å². The maximum Gasteiger partial charge on any atom is 0.318 e. The molecule has 0 saturated carbocycles. The molecular formula is C16H22N2O4S3. The van der Waals surface area contributed by atoms with Gasteiger partial charge in [-0.2, -0.15) is 16.5 Å². The van der Waals surface area contributed by atoms with Crippen LogP contribution in [0.3, 0.4) is 0 Å². The van der Waals surface area contributed by atoms with Crippen LogP contribution in [0.5, 0.6) is 0 Å². The summed E-state index contributed by atoms with van der Waals surface area (Å²) in [7, 11) is -1.96. The number of hydrogen-bond acceptors (Lipinski definition) is 6. The lowest BCUT2D eigenvalue weighted by Crippen LogP contribution is -2.28. The van der Waals surface area contributed by atoms with E-state index in [1.54, 1.807) is 6.07 Å². The van der Waals surface area contributed by atoms with E-state index in [1.165, 1.54) is 11.8 Å². The number of aliphatic carboxylic acids is 1. The van der Waals surface area contributed by atoms with Gasteiger partial charge in [-0.3, -0.25) is 4.79 Å². The van der Waals surface area contributed by atoms with Crippen molar-refractivity contribution < 1.29 is 18.3 Å². The van der Waals surface area contributed by atoms with Crippen LogP contribution < -0.4 is 10.0 Å². The average Bonchev–Trinajstić information content (AvgIpc) is 3.11. The number of benzene rings is 1. The minimum Gasteiger partial charge on any atom is -0.480 e. The van der Waals surface area contributed by atoms with Crippen LogP contribution in [-0.4, -0.2) is 45.1 Å². The first-order chi connectivity index (χ1) is 11.8. The first kappa shape index (κ1) is 21.5. The molecule has 1 aromatic carbocycles. The summed E-state index contributed by atoms with van der Waals surface area (Å²) in [4.78, 5) is 11.2. The zero-order valence-electron chi connectivity index (χ0n) is 14.3. The molecule has 0 fully saturated rings. The van der Waals surface area contributed by atoms with Crippen LogP contribution in [0, 0.1) is 0 Å². The Balaban J connectivity index is 0.000000705. The zero-order valence-corrected chi connectivity index (χ0v) is 16.7. The summed E-state index contributed by atoms with van der Waals surface area (Å²) in [5, 5.41) is 11.5. The van der Waals surface area contributed by atoms with Crippen LogP contribution in [0.2, 0.25) is 0 Å². The van der Waals surface area contributed by atoms with Crippen molar-refractivity contribution in [2.24, 2.45) is 0 Å². The first-order valence-corrected chi connectivity index (χ1v) is 11.1. The van der Waals surface area contributed by atoms with Crippen LogP contribution in [0.1, 0.15) is 6.92 Å². The second-order valence-electron chi connectivity index (χ2n) is 4.74. The van der Waals surface area contributed by atoms with Crippen molar-refractivity contribution in [2.45, 2.75) is 11.1 Å². The summed E-state index contributed by atoms with van der Waals surface area (Å²) in [5.41, 5.74) is 1.87. The molecule has 0 radical (unpaired) electrons. The molecule has 1 heterocycles. The number of thiophene rings is 1. The Morgan fingerprint density at radius 3 is 2.28 bits per heavy atom. The van der Waals surface area contributed by atoms with Crippen LogP contribution in [0.4, 0.5) is 5.69 Å². The molecule has 138 valence electrons. The van der Waals surface area contributed by atoms with Crippen molar-refractivity contribution in [3.63, 3.8) is 0 Å². The van der Waals surface area contributed by atoms with Gasteiger partial charge in [0.1, 0.15) is 10.8 Å². The zero-order chi connectivity index (χ0) is 18.9. The fourth-order valence-electron chi connectivity index (χ4n) is 1.65. The lowest BCUT2D eigenvalue weighted by atomic mass is 10.2. The molecule has 25 heavy (non-hydrogen) atoms. The van der Waals surface area contributed by atoms with Crippen molar-refractivity contribution in [1.82, 2.24) is 4.72 Å². The Bertz CT molecular complexity index is 769. The van der Waals surface area contributed by atoms with Crippen molar-refractivity contribution in [3.05, 3.63) is 36.4 Å². The highest BCUT2D eigenvalue weighted by Gasteiger charge is 2.18. The Morgan fingerprint density at radius 1 is 1.20 bits per heavy atom. The summed E-state index contributed by atoms with van der Waals surface area (Å²) in [6, 6.07) is 10.7. The lowest BCUT2D eigenvalue weighted by molar-refractivity contribution is -0.135. The smallest absolute Gasteiger partial charge is 0.318 e. The normalized spacial score (nSPS) is 10.7. The van der Waals surface area contributed by atoms with Gasteiger partial charge in [0.2, 0.25) is 0 Å². The molecule has 2 aromatic rings. The third kappa shape index (κ3) is 7.07. The molecule has 0 atom stereocenters. The molecule has 0 amide bonds. The molecule has 0 aliphatic heterocycles. The summed E-state index contributed by atoms with van der Waals surface area (Å²) in [6.45, 7) is 1.51. The largest absolute Gasteiger partial charge is 0.480 e. The predicted octanol–water partition coefficient (Wildman–Crippen LogP) is 3.19. The molecule has 0 aliphatic rings. The maximum absolute atomic E-state index is 11.9. The van der Waals surface area contributed by atoms with Gasteiger partial charge in [-0.05, 0) is 41.8 Å². The monoisotopic (exact) mass is 402 g/mol. The van der Waals surface area contributed by atoms with Gasteiger partial charge < -0.3 is 10.4 Å². The van der Waals surface area contributed by atoms with Crippen molar-refractivity contribution in [3.8, 4) is 10.4 Å². The number of hydrogen-bond donors (Lipinski definition) is 3. The Labute approximate surface area is 156 Å². The number of thioether (sulfide) groups is 1. The SMILES string of the molecule is CCSC.CNc1ccc(-c2ccc(S(=O)(=O)NCC(=O)O)s2)cc1. The lowest BCUT2D eigenvalue weighted by Gasteiger charge is -2.02. The predicted molar refractivity (Wildman–Crippen MR) is 106 cm³/mol. The minimum absolute atomic E-state index is 0.0939. The van der Waals surface area contributed by atoms with Crippen LogP contribution in [0.25, 0.3) is 10.4 Å². The van der Waals surface area contributed by atoms with E-state index in [0.29, 0.717) is 0 Å². The third-order valence-electron chi connectivity index (χ3n) is 3.01.